The number of hydrogen-bond donors (Lipinski definition) is 2. The zero-order valence-electron chi connectivity index (χ0n) is 10.5. The zero-order chi connectivity index (χ0) is 14.7. The normalized spacial score (nSPS) is 10.2. The lowest BCUT2D eigenvalue weighted by molar-refractivity contribution is -0.384. The van der Waals surface area contributed by atoms with Gasteiger partial charge in [-0.25, -0.2) is 8.78 Å². The van der Waals surface area contributed by atoms with E-state index in [2.05, 4.69) is 10.6 Å². The third-order valence-electron chi connectivity index (χ3n) is 2.62. The van der Waals surface area contributed by atoms with Crippen molar-refractivity contribution in [2.45, 2.75) is 0 Å². The van der Waals surface area contributed by atoms with E-state index in [-0.39, 0.29) is 17.1 Å². The highest BCUT2D eigenvalue weighted by molar-refractivity contribution is 5.68. The number of hydrogen-bond acceptors (Lipinski definition) is 4. The van der Waals surface area contributed by atoms with Gasteiger partial charge in [-0.1, -0.05) is 0 Å². The number of anilines is 3. The van der Waals surface area contributed by atoms with Crippen molar-refractivity contribution in [3.63, 3.8) is 0 Å². The van der Waals surface area contributed by atoms with E-state index in [1.54, 1.807) is 13.1 Å². The zero-order valence-corrected chi connectivity index (χ0v) is 10.5. The van der Waals surface area contributed by atoms with Gasteiger partial charge in [-0.3, -0.25) is 10.1 Å². The summed E-state index contributed by atoms with van der Waals surface area (Å²) in [5, 5.41) is 16.2. The van der Waals surface area contributed by atoms with Crippen LogP contribution < -0.4 is 10.6 Å². The summed E-state index contributed by atoms with van der Waals surface area (Å²) in [5.41, 5.74) is 0.523. The Bertz CT molecular complexity index is 662. The van der Waals surface area contributed by atoms with Gasteiger partial charge in [0.2, 0.25) is 0 Å². The SMILES string of the molecule is CNc1cc(Nc2cc(F)ccc2F)cc([N+](=O)[O-])c1. The molecule has 0 atom stereocenters. The maximum Gasteiger partial charge on any atom is 0.273 e. The van der Waals surface area contributed by atoms with E-state index >= 15 is 0 Å². The van der Waals surface area contributed by atoms with E-state index in [4.69, 9.17) is 0 Å². The fourth-order valence-corrected chi connectivity index (χ4v) is 1.68. The Balaban J connectivity index is 2.39. The van der Waals surface area contributed by atoms with Crippen LogP contribution in [0.2, 0.25) is 0 Å². The lowest BCUT2D eigenvalue weighted by Crippen LogP contribution is -1.98. The highest BCUT2D eigenvalue weighted by Gasteiger charge is 2.11. The number of benzene rings is 2. The molecular weight excluding hydrogens is 268 g/mol. The van der Waals surface area contributed by atoms with E-state index in [9.17, 15) is 18.9 Å². The van der Waals surface area contributed by atoms with Gasteiger partial charge in [-0.05, 0) is 18.2 Å². The van der Waals surface area contributed by atoms with Crippen molar-refractivity contribution in [2.24, 2.45) is 0 Å². The Labute approximate surface area is 113 Å². The molecule has 0 saturated carbocycles. The van der Waals surface area contributed by atoms with Crippen LogP contribution in [0.3, 0.4) is 0 Å². The van der Waals surface area contributed by atoms with Crippen LogP contribution >= 0.6 is 0 Å². The number of nitrogens with one attached hydrogen (secondary N) is 2. The maximum absolute atomic E-state index is 13.5. The Hall–Kier alpha value is -2.70. The predicted molar refractivity (Wildman–Crippen MR) is 72.3 cm³/mol. The van der Waals surface area contributed by atoms with Crippen molar-refractivity contribution in [3.05, 3.63) is 58.1 Å². The molecule has 0 aliphatic rings. The topological polar surface area (TPSA) is 67.2 Å². The molecule has 0 spiro atoms. The van der Waals surface area contributed by atoms with Gasteiger partial charge in [-0.2, -0.15) is 0 Å². The van der Waals surface area contributed by atoms with Gasteiger partial charge in [0.1, 0.15) is 11.6 Å². The lowest BCUT2D eigenvalue weighted by atomic mass is 10.2. The lowest BCUT2D eigenvalue weighted by Gasteiger charge is -2.09. The molecule has 2 aromatic carbocycles. The summed E-state index contributed by atoms with van der Waals surface area (Å²) in [5.74, 6) is -1.25. The van der Waals surface area contributed by atoms with E-state index in [1.165, 1.54) is 12.1 Å². The minimum atomic E-state index is -0.649. The van der Waals surface area contributed by atoms with Crippen molar-refractivity contribution in [1.82, 2.24) is 0 Å². The summed E-state index contributed by atoms with van der Waals surface area (Å²) in [6, 6.07) is 7.09. The van der Waals surface area contributed by atoms with Crippen LogP contribution in [0.1, 0.15) is 0 Å². The molecule has 5 nitrogen and oxygen atoms in total. The predicted octanol–water partition coefficient (Wildman–Crippen LogP) is 3.66. The molecule has 7 heteroatoms. The molecule has 0 aliphatic carbocycles. The van der Waals surface area contributed by atoms with Crippen LogP contribution in [0, 0.1) is 21.7 Å². The number of nitro groups is 1. The third-order valence-corrected chi connectivity index (χ3v) is 2.62. The van der Waals surface area contributed by atoms with Crippen molar-refractivity contribution >= 4 is 22.7 Å². The fraction of sp³-hybridized carbons (Fsp3) is 0.0769. The number of rotatable bonds is 4. The molecule has 0 radical (unpaired) electrons. The molecule has 2 rings (SSSR count). The Morgan fingerprint density at radius 2 is 1.80 bits per heavy atom. The van der Waals surface area contributed by atoms with Crippen molar-refractivity contribution < 1.29 is 13.7 Å². The smallest absolute Gasteiger partial charge is 0.273 e. The molecule has 0 fully saturated rings. The van der Waals surface area contributed by atoms with Gasteiger partial charge in [0.15, 0.2) is 0 Å². The van der Waals surface area contributed by atoms with Gasteiger partial charge in [0.25, 0.3) is 5.69 Å². The first-order valence-corrected chi connectivity index (χ1v) is 5.69. The highest BCUT2D eigenvalue weighted by atomic mass is 19.1. The van der Waals surface area contributed by atoms with Crippen molar-refractivity contribution in [1.29, 1.82) is 0 Å². The summed E-state index contributed by atoms with van der Waals surface area (Å²) in [6.45, 7) is 0. The molecule has 2 aromatic rings. The molecule has 0 saturated heterocycles. The summed E-state index contributed by atoms with van der Waals surface area (Å²) < 4.78 is 26.6. The van der Waals surface area contributed by atoms with Crippen LogP contribution in [0.15, 0.2) is 36.4 Å². The Kier molecular flexibility index (Phi) is 3.79. The fourth-order valence-electron chi connectivity index (χ4n) is 1.68. The van der Waals surface area contributed by atoms with Gasteiger partial charge >= 0.3 is 0 Å². The van der Waals surface area contributed by atoms with Crippen LogP contribution in [0.4, 0.5) is 31.5 Å². The third kappa shape index (κ3) is 3.00. The van der Waals surface area contributed by atoms with Crippen molar-refractivity contribution in [2.75, 3.05) is 17.7 Å². The van der Waals surface area contributed by atoms with Gasteiger partial charge in [-0.15, -0.1) is 0 Å². The van der Waals surface area contributed by atoms with Gasteiger partial charge in [0, 0.05) is 36.6 Å². The number of halogens is 2. The first-order valence-electron chi connectivity index (χ1n) is 5.69. The van der Waals surface area contributed by atoms with E-state index in [0.29, 0.717) is 5.69 Å². The Morgan fingerprint density at radius 1 is 1.10 bits per heavy atom. The van der Waals surface area contributed by atoms with Crippen LogP contribution in [0.25, 0.3) is 0 Å². The number of nitrogens with zero attached hydrogens (tertiary/aromatic N) is 1. The molecule has 104 valence electrons. The number of nitro benzene ring substituents is 1. The highest BCUT2D eigenvalue weighted by Crippen LogP contribution is 2.27. The van der Waals surface area contributed by atoms with Crippen LogP contribution in [0.5, 0.6) is 0 Å². The first-order chi connectivity index (χ1) is 9.49. The minimum Gasteiger partial charge on any atom is -0.388 e. The average molecular weight is 279 g/mol. The monoisotopic (exact) mass is 279 g/mol. The number of non-ortho nitro benzene ring substituents is 1. The van der Waals surface area contributed by atoms with E-state index < -0.39 is 16.6 Å². The molecule has 2 N–H and O–H groups in total. The largest absolute Gasteiger partial charge is 0.388 e. The molecule has 0 unspecified atom stereocenters. The summed E-state index contributed by atoms with van der Waals surface area (Å²) >= 11 is 0. The van der Waals surface area contributed by atoms with Gasteiger partial charge < -0.3 is 10.6 Å². The van der Waals surface area contributed by atoms with E-state index in [0.717, 1.165) is 18.2 Å². The van der Waals surface area contributed by atoms with Gasteiger partial charge in [0.05, 0.1) is 10.6 Å². The minimum absolute atomic E-state index is 0.0902. The second-order valence-electron chi connectivity index (χ2n) is 4.02. The second-order valence-corrected chi connectivity index (χ2v) is 4.02. The standard InChI is InChI=1S/C13H11F2N3O2/c1-16-9-5-10(7-11(6-9)18(19)20)17-13-4-8(14)2-3-12(13)15/h2-7,16-17H,1H3. The van der Waals surface area contributed by atoms with Crippen LogP contribution in [-0.4, -0.2) is 12.0 Å². The first kappa shape index (κ1) is 13.7. The second kappa shape index (κ2) is 5.52. The average Bonchev–Trinajstić information content (AvgIpc) is 2.42. The van der Waals surface area contributed by atoms with Crippen molar-refractivity contribution in [3.8, 4) is 0 Å². The molecule has 20 heavy (non-hydrogen) atoms. The summed E-state index contributed by atoms with van der Waals surface area (Å²) in [4.78, 5) is 10.2. The Morgan fingerprint density at radius 3 is 2.45 bits per heavy atom. The summed E-state index contributed by atoms with van der Waals surface area (Å²) in [6.07, 6.45) is 0. The molecule has 0 aromatic heterocycles. The van der Waals surface area contributed by atoms with E-state index in [1.807, 2.05) is 0 Å². The summed E-state index contributed by atoms with van der Waals surface area (Å²) in [7, 11) is 1.60. The molecular formula is C13H11F2N3O2. The molecule has 0 bridgehead atoms. The quantitative estimate of drug-likeness (QED) is 0.662. The maximum atomic E-state index is 13.5. The molecule has 0 amide bonds. The molecule has 0 aliphatic heterocycles. The molecule has 0 heterocycles. The van der Waals surface area contributed by atoms with Crippen LogP contribution in [-0.2, 0) is 0 Å².